The normalized spacial score (nSPS) is 10.9. The van der Waals surface area contributed by atoms with Crippen LogP contribution in [0.4, 0.5) is 8.78 Å². The molecule has 0 atom stereocenters. The molecular weight excluding hydrogens is 386 g/mol. The average Bonchev–Trinajstić information content (AvgIpc) is 2.71. The Kier molecular flexibility index (Phi) is 6.38. The first-order chi connectivity index (χ1) is 14.0. The van der Waals surface area contributed by atoms with E-state index >= 15 is 0 Å². The van der Waals surface area contributed by atoms with Gasteiger partial charge in [-0.3, -0.25) is 9.59 Å². The van der Waals surface area contributed by atoms with Crippen LogP contribution in [-0.2, 0) is 22.6 Å². The lowest BCUT2D eigenvalue weighted by atomic mass is 10.2. The number of para-hydroxylation sites is 1. The average molecular weight is 404 g/mol. The highest BCUT2D eigenvalue weighted by Gasteiger charge is 2.12. The van der Waals surface area contributed by atoms with Crippen molar-refractivity contribution in [1.29, 1.82) is 0 Å². The van der Waals surface area contributed by atoms with Crippen molar-refractivity contribution in [2.45, 2.75) is 26.1 Å². The molecule has 29 heavy (non-hydrogen) atoms. The lowest BCUT2D eigenvalue weighted by Gasteiger charge is -2.11. The number of aryl methyl sites for hydroxylation is 1. The Balaban J connectivity index is 1.57. The summed E-state index contributed by atoms with van der Waals surface area (Å²) in [5.74, 6) is -0.103. The molecule has 0 saturated heterocycles. The van der Waals surface area contributed by atoms with Gasteiger partial charge in [0.05, 0.1) is 24.4 Å². The maximum absolute atomic E-state index is 12.4. The number of aromatic amines is 1. The number of benzene rings is 2. The van der Waals surface area contributed by atoms with Crippen LogP contribution in [-0.4, -0.2) is 29.7 Å². The van der Waals surface area contributed by atoms with E-state index in [-0.39, 0.29) is 36.5 Å². The first kappa shape index (κ1) is 20.2. The quantitative estimate of drug-likeness (QED) is 0.580. The molecule has 0 unspecified atom stereocenters. The number of carbonyl (C=O) groups is 1. The molecule has 1 aromatic heterocycles. The van der Waals surface area contributed by atoms with Crippen molar-refractivity contribution in [2.24, 2.45) is 0 Å². The number of H-pyrrole nitrogens is 1. The maximum Gasteiger partial charge on any atom is 0.387 e. The van der Waals surface area contributed by atoms with E-state index in [0.29, 0.717) is 22.3 Å². The molecule has 0 spiro atoms. The van der Waals surface area contributed by atoms with Gasteiger partial charge in [-0.25, -0.2) is 4.98 Å². The predicted molar refractivity (Wildman–Crippen MR) is 100 cm³/mol. The van der Waals surface area contributed by atoms with Gasteiger partial charge >= 0.3 is 12.6 Å². The van der Waals surface area contributed by atoms with Gasteiger partial charge in [-0.1, -0.05) is 18.2 Å². The van der Waals surface area contributed by atoms with Gasteiger partial charge in [-0.2, -0.15) is 8.78 Å². The van der Waals surface area contributed by atoms with Gasteiger partial charge in [0.1, 0.15) is 12.4 Å². The fourth-order valence-electron chi connectivity index (χ4n) is 2.70. The van der Waals surface area contributed by atoms with Crippen molar-refractivity contribution in [3.8, 4) is 11.5 Å². The molecule has 7 nitrogen and oxygen atoms in total. The Morgan fingerprint density at radius 2 is 1.97 bits per heavy atom. The smallest absolute Gasteiger partial charge is 0.387 e. The van der Waals surface area contributed by atoms with Crippen LogP contribution in [0.15, 0.2) is 47.3 Å². The number of nitrogens with one attached hydrogen (secondary N) is 1. The number of rotatable bonds is 8. The third-order valence-electron chi connectivity index (χ3n) is 4.07. The van der Waals surface area contributed by atoms with Crippen molar-refractivity contribution in [3.63, 3.8) is 0 Å². The van der Waals surface area contributed by atoms with Crippen LogP contribution in [0, 0.1) is 0 Å². The first-order valence-corrected chi connectivity index (χ1v) is 8.71. The highest BCUT2D eigenvalue weighted by molar-refractivity contribution is 5.77. The Labute approximate surface area is 164 Å². The summed E-state index contributed by atoms with van der Waals surface area (Å²) < 4.78 is 39.2. The van der Waals surface area contributed by atoms with E-state index in [1.807, 2.05) is 0 Å². The Bertz CT molecular complexity index is 1070. The lowest BCUT2D eigenvalue weighted by molar-refractivity contribution is -0.144. The van der Waals surface area contributed by atoms with Gasteiger partial charge < -0.3 is 19.2 Å². The molecule has 3 aromatic rings. The van der Waals surface area contributed by atoms with Crippen molar-refractivity contribution in [3.05, 3.63) is 64.2 Å². The Hall–Kier alpha value is -3.49. The minimum atomic E-state index is -2.97. The number of hydrogen-bond acceptors (Lipinski definition) is 6. The van der Waals surface area contributed by atoms with Crippen LogP contribution in [0.3, 0.4) is 0 Å². The Morgan fingerprint density at radius 1 is 1.17 bits per heavy atom. The zero-order chi connectivity index (χ0) is 20.8. The molecule has 0 aliphatic carbocycles. The number of aromatic nitrogens is 2. The van der Waals surface area contributed by atoms with Crippen molar-refractivity contribution in [1.82, 2.24) is 9.97 Å². The molecular formula is C20H18F2N2O5. The standard InChI is InChI=1S/C20H18F2N2O5/c1-27-16-10-12(6-7-15(16)29-20(21)22)11-28-18(25)9-8-17-23-14-5-3-2-4-13(14)19(26)24-17/h2-7,10,20H,8-9,11H2,1H3,(H,23,24,26). The summed E-state index contributed by atoms with van der Waals surface area (Å²) in [5, 5.41) is 0.479. The van der Waals surface area contributed by atoms with Crippen molar-refractivity contribution < 1.29 is 27.8 Å². The van der Waals surface area contributed by atoms with E-state index in [1.165, 1.54) is 25.3 Å². The van der Waals surface area contributed by atoms with Gasteiger partial charge in [0.15, 0.2) is 11.5 Å². The number of carbonyl (C=O) groups excluding carboxylic acids is 1. The molecule has 3 rings (SSSR count). The number of alkyl halides is 2. The molecule has 1 heterocycles. The molecule has 9 heteroatoms. The number of esters is 1. The van der Waals surface area contributed by atoms with Crippen LogP contribution in [0.1, 0.15) is 17.8 Å². The van der Waals surface area contributed by atoms with Crippen LogP contribution in [0.5, 0.6) is 11.5 Å². The third kappa shape index (κ3) is 5.28. The molecule has 0 bridgehead atoms. The molecule has 0 aliphatic rings. The second kappa shape index (κ2) is 9.13. The topological polar surface area (TPSA) is 90.5 Å². The highest BCUT2D eigenvalue weighted by Crippen LogP contribution is 2.29. The van der Waals surface area contributed by atoms with Crippen LogP contribution >= 0.6 is 0 Å². The molecule has 152 valence electrons. The van der Waals surface area contributed by atoms with Crippen molar-refractivity contribution in [2.75, 3.05) is 7.11 Å². The highest BCUT2D eigenvalue weighted by atomic mass is 19.3. The fourth-order valence-corrected chi connectivity index (χ4v) is 2.70. The summed E-state index contributed by atoms with van der Waals surface area (Å²) in [7, 11) is 1.32. The SMILES string of the molecule is COc1cc(COC(=O)CCc2nc3ccccc3c(=O)[nH]2)ccc1OC(F)F. The number of ether oxygens (including phenoxy) is 3. The second-order valence-electron chi connectivity index (χ2n) is 6.05. The number of hydrogen-bond donors (Lipinski definition) is 1. The van der Waals surface area contributed by atoms with Gasteiger partial charge in [-0.05, 0) is 29.8 Å². The molecule has 0 radical (unpaired) electrons. The van der Waals surface area contributed by atoms with E-state index < -0.39 is 12.6 Å². The maximum atomic E-state index is 12.4. The molecule has 0 fully saturated rings. The number of nitrogens with zero attached hydrogens (tertiary/aromatic N) is 1. The van der Waals surface area contributed by atoms with E-state index in [4.69, 9.17) is 9.47 Å². The molecule has 0 aliphatic heterocycles. The monoisotopic (exact) mass is 404 g/mol. The van der Waals surface area contributed by atoms with Gasteiger partial charge in [0.25, 0.3) is 5.56 Å². The minimum absolute atomic E-state index is 0.0188. The lowest BCUT2D eigenvalue weighted by Crippen LogP contribution is -2.14. The summed E-state index contributed by atoms with van der Waals surface area (Å²) in [6.45, 7) is -3.03. The van der Waals surface area contributed by atoms with Gasteiger partial charge in [0.2, 0.25) is 0 Å². The zero-order valence-corrected chi connectivity index (χ0v) is 15.5. The molecule has 0 amide bonds. The summed E-state index contributed by atoms with van der Waals surface area (Å²) in [5.41, 5.74) is 0.837. The summed E-state index contributed by atoms with van der Waals surface area (Å²) >= 11 is 0. The number of fused-ring (bicyclic) bond motifs is 1. The summed E-state index contributed by atoms with van der Waals surface area (Å²) in [6.07, 6.45) is 0.231. The third-order valence-corrected chi connectivity index (χ3v) is 4.07. The fraction of sp³-hybridized carbons (Fsp3) is 0.250. The second-order valence-corrected chi connectivity index (χ2v) is 6.05. The summed E-state index contributed by atoms with van der Waals surface area (Å²) in [4.78, 5) is 31.0. The molecule has 0 saturated carbocycles. The number of methoxy groups -OCH3 is 1. The van der Waals surface area contributed by atoms with E-state index in [0.717, 1.165) is 0 Å². The van der Waals surface area contributed by atoms with E-state index in [2.05, 4.69) is 14.7 Å². The Morgan fingerprint density at radius 3 is 2.72 bits per heavy atom. The number of halogens is 2. The first-order valence-electron chi connectivity index (χ1n) is 8.71. The van der Waals surface area contributed by atoms with Crippen LogP contribution in [0.2, 0.25) is 0 Å². The van der Waals surface area contributed by atoms with Crippen LogP contribution in [0.25, 0.3) is 10.9 Å². The van der Waals surface area contributed by atoms with Gasteiger partial charge in [-0.15, -0.1) is 0 Å². The largest absolute Gasteiger partial charge is 0.493 e. The zero-order valence-electron chi connectivity index (χ0n) is 15.5. The van der Waals surface area contributed by atoms with E-state index in [1.54, 1.807) is 24.3 Å². The van der Waals surface area contributed by atoms with Gasteiger partial charge in [0, 0.05) is 6.42 Å². The van der Waals surface area contributed by atoms with Crippen molar-refractivity contribution >= 4 is 16.9 Å². The predicted octanol–water partition coefficient (Wildman–Crippen LogP) is 3.21. The summed E-state index contributed by atoms with van der Waals surface area (Å²) in [6, 6.07) is 11.2. The molecule has 1 N–H and O–H groups in total. The molecule has 2 aromatic carbocycles. The van der Waals surface area contributed by atoms with Crippen LogP contribution < -0.4 is 15.0 Å². The minimum Gasteiger partial charge on any atom is -0.493 e. The van der Waals surface area contributed by atoms with E-state index in [9.17, 15) is 18.4 Å².